The molecule has 2 nitrogen and oxygen atoms in total. The quantitative estimate of drug-likeness (QED) is 0.858. The first-order chi connectivity index (χ1) is 7.70. The maximum atomic E-state index is 6.10. The fourth-order valence-corrected chi connectivity index (χ4v) is 1.86. The maximum absolute atomic E-state index is 6.10. The van der Waals surface area contributed by atoms with Crippen molar-refractivity contribution >= 4 is 11.6 Å². The summed E-state index contributed by atoms with van der Waals surface area (Å²) in [4.78, 5) is 0. The molecular formula is C13H18ClNO. The van der Waals surface area contributed by atoms with Gasteiger partial charge in [-0.2, -0.15) is 0 Å². The van der Waals surface area contributed by atoms with Crippen LogP contribution in [0.5, 0.6) is 5.75 Å². The smallest absolute Gasteiger partial charge is 0.122 e. The van der Waals surface area contributed by atoms with Crippen LogP contribution >= 0.6 is 11.6 Å². The van der Waals surface area contributed by atoms with E-state index in [2.05, 4.69) is 0 Å². The molecule has 0 aliphatic heterocycles. The lowest BCUT2D eigenvalue weighted by Crippen LogP contribution is -2.07. The first-order valence-corrected chi connectivity index (χ1v) is 6.20. The minimum atomic E-state index is 0.624. The Hall–Kier alpha value is -0.730. The molecule has 0 saturated heterocycles. The summed E-state index contributed by atoms with van der Waals surface area (Å²) in [5.74, 6) is 1.72. The molecule has 0 spiro atoms. The molecule has 1 aliphatic rings. The zero-order chi connectivity index (χ0) is 11.5. The van der Waals surface area contributed by atoms with E-state index in [1.54, 1.807) is 0 Å². The first-order valence-electron chi connectivity index (χ1n) is 5.82. The molecule has 1 aliphatic carbocycles. The van der Waals surface area contributed by atoms with Crippen LogP contribution in [0.25, 0.3) is 0 Å². The number of halogens is 1. The highest BCUT2D eigenvalue weighted by Crippen LogP contribution is 2.32. The molecule has 3 heteroatoms. The van der Waals surface area contributed by atoms with Crippen LogP contribution in [0.1, 0.15) is 24.0 Å². The lowest BCUT2D eigenvalue weighted by atomic mass is 10.1. The standard InChI is InChI=1S/C13H18ClNO/c1-9-6-13(16-8-10-2-3-10)11(4-5-15)7-12(9)14/h6-7,10H,2-5,8,15H2,1H3. The number of hydrogen-bond donors (Lipinski definition) is 1. The number of ether oxygens (including phenoxy) is 1. The summed E-state index contributed by atoms with van der Waals surface area (Å²) in [6, 6.07) is 4.00. The largest absolute Gasteiger partial charge is 0.493 e. The van der Waals surface area contributed by atoms with Gasteiger partial charge in [0.25, 0.3) is 0 Å². The van der Waals surface area contributed by atoms with Gasteiger partial charge in [-0.25, -0.2) is 0 Å². The second-order valence-electron chi connectivity index (χ2n) is 4.50. The lowest BCUT2D eigenvalue weighted by molar-refractivity contribution is 0.296. The SMILES string of the molecule is Cc1cc(OCC2CC2)c(CCN)cc1Cl. The average molecular weight is 240 g/mol. The predicted molar refractivity (Wildman–Crippen MR) is 67.2 cm³/mol. The highest BCUT2D eigenvalue weighted by atomic mass is 35.5. The summed E-state index contributed by atoms with van der Waals surface area (Å²) in [6.07, 6.45) is 3.43. The van der Waals surface area contributed by atoms with Crippen LogP contribution in [0.4, 0.5) is 0 Å². The number of rotatable bonds is 5. The molecule has 1 aromatic carbocycles. The van der Waals surface area contributed by atoms with E-state index in [1.807, 2.05) is 19.1 Å². The van der Waals surface area contributed by atoms with Gasteiger partial charge in [-0.1, -0.05) is 11.6 Å². The Labute approximate surface area is 102 Å². The second-order valence-corrected chi connectivity index (χ2v) is 4.91. The van der Waals surface area contributed by atoms with Crippen molar-refractivity contribution in [2.75, 3.05) is 13.2 Å². The number of hydrogen-bond acceptors (Lipinski definition) is 2. The molecule has 0 amide bonds. The minimum absolute atomic E-state index is 0.624. The van der Waals surface area contributed by atoms with E-state index in [-0.39, 0.29) is 0 Å². The summed E-state index contributed by atoms with van der Waals surface area (Å²) >= 11 is 6.10. The average Bonchev–Trinajstić information content (AvgIpc) is 3.05. The second kappa shape index (κ2) is 5.07. The van der Waals surface area contributed by atoms with E-state index >= 15 is 0 Å². The molecule has 2 rings (SSSR count). The normalized spacial score (nSPS) is 15.2. The molecule has 16 heavy (non-hydrogen) atoms. The Morgan fingerprint density at radius 2 is 2.19 bits per heavy atom. The van der Waals surface area contributed by atoms with E-state index in [1.165, 1.54) is 12.8 Å². The molecule has 1 fully saturated rings. The van der Waals surface area contributed by atoms with Gasteiger partial charge >= 0.3 is 0 Å². The third-order valence-corrected chi connectivity index (χ3v) is 3.33. The van der Waals surface area contributed by atoms with Gasteiger partial charge < -0.3 is 10.5 Å². The zero-order valence-corrected chi connectivity index (χ0v) is 10.4. The predicted octanol–water partition coefficient (Wildman–Crippen LogP) is 2.94. The van der Waals surface area contributed by atoms with Gasteiger partial charge in [0.1, 0.15) is 5.75 Å². The van der Waals surface area contributed by atoms with Gasteiger partial charge in [0.15, 0.2) is 0 Å². The van der Waals surface area contributed by atoms with Crippen molar-refractivity contribution in [3.63, 3.8) is 0 Å². The van der Waals surface area contributed by atoms with E-state index in [4.69, 9.17) is 22.1 Å². The minimum Gasteiger partial charge on any atom is -0.493 e. The third-order valence-electron chi connectivity index (χ3n) is 2.93. The van der Waals surface area contributed by atoms with Crippen LogP contribution in [-0.2, 0) is 6.42 Å². The van der Waals surface area contributed by atoms with Crippen LogP contribution in [0.2, 0.25) is 5.02 Å². The summed E-state index contributed by atoms with van der Waals surface area (Å²) in [5.41, 5.74) is 7.77. The van der Waals surface area contributed by atoms with Gasteiger partial charge in [0.2, 0.25) is 0 Å². The molecule has 0 heterocycles. The molecule has 0 unspecified atom stereocenters. The van der Waals surface area contributed by atoms with Gasteiger partial charge in [0, 0.05) is 5.02 Å². The van der Waals surface area contributed by atoms with Crippen LogP contribution in [0.3, 0.4) is 0 Å². The van der Waals surface area contributed by atoms with Gasteiger partial charge in [-0.05, 0) is 61.9 Å². The van der Waals surface area contributed by atoms with Crippen LogP contribution in [-0.4, -0.2) is 13.2 Å². The summed E-state index contributed by atoms with van der Waals surface area (Å²) in [5, 5.41) is 0.794. The van der Waals surface area contributed by atoms with E-state index in [9.17, 15) is 0 Å². The highest BCUT2D eigenvalue weighted by molar-refractivity contribution is 6.31. The lowest BCUT2D eigenvalue weighted by Gasteiger charge is -2.12. The van der Waals surface area contributed by atoms with E-state index in [0.717, 1.165) is 40.8 Å². The summed E-state index contributed by atoms with van der Waals surface area (Å²) in [6.45, 7) is 3.45. The third kappa shape index (κ3) is 2.89. The fraction of sp³-hybridized carbons (Fsp3) is 0.538. The molecule has 0 atom stereocenters. The Balaban J connectivity index is 2.14. The molecule has 0 radical (unpaired) electrons. The van der Waals surface area contributed by atoms with Crippen molar-refractivity contribution in [1.29, 1.82) is 0 Å². The maximum Gasteiger partial charge on any atom is 0.122 e. The Kier molecular flexibility index (Phi) is 3.72. The number of benzene rings is 1. The van der Waals surface area contributed by atoms with Crippen molar-refractivity contribution in [3.8, 4) is 5.75 Å². The summed E-state index contributed by atoms with van der Waals surface area (Å²) < 4.78 is 5.84. The monoisotopic (exact) mass is 239 g/mol. The van der Waals surface area contributed by atoms with E-state index < -0.39 is 0 Å². The summed E-state index contributed by atoms with van der Waals surface area (Å²) in [7, 11) is 0. The van der Waals surface area contributed by atoms with Crippen LogP contribution in [0, 0.1) is 12.8 Å². The van der Waals surface area contributed by atoms with Crippen molar-refractivity contribution in [2.45, 2.75) is 26.2 Å². The Morgan fingerprint density at radius 1 is 1.44 bits per heavy atom. The molecular weight excluding hydrogens is 222 g/mol. The molecule has 1 saturated carbocycles. The van der Waals surface area contributed by atoms with Gasteiger partial charge in [0.05, 0.1) is 6.61 Å². The molecule has 1 aromatic rings. The van der Waals surface area contributed by atoms with Crippen LogP contribution < -0.4 is 10.5 Å². The Morgan fingerprint density at radius 3 is 2.81 bits per heavy atom. The number of nitrogens with two attached hydrogens (primary N) is 1. The first kappa shape index (κ1) is 11.7. The Bertz CT molecular complexity index is 374. The molecule has 0 aromatic heterocycles. The number of aryl methyl sites for hydroxylation is 1. The van der Waals surface area contributed by atoms with Crippen molar-refractivity contribution in [1.82, 2.24) is 0 Å². The topological polar surface area (TPSA) is 35.2 Å². The highest BCUT2D eigenvalue weighted by Gasteiger charge is 2.22. The van der Waals surface area contributed by atoms with Gasteiger partial charge in [-0.3, -0.25) is 0 Å². The fourth-order valence-electron chi connectivity index (χ4n) is 1.67. The zero-order valence-electron chi connectivity index (χ0n) is 9.63. The molecule has 2 N–H and O–H groups in total. The molecule has 88 valence electrons. The van der Waals surface area contributed by atoms with Crippen molar-refractivity contribution in [3.05, 3.63) is 28.3 Å². The molecule has 0 bridgehead atoms. The van der Waals surface area contributed by atoms with Crippen molar-refractivity contribution < 1.29 is 4.74 Å². The van der Waals surface area contributed by atoms with Crippen molar-refractivity contribution in [2.24, 2.45) is 11.7 Å². The van der Waals surface area contributed by atoms with Crippen LogP contribution in [0.15, 0.2) is 12.1 Å². The van der Waals surface area contributed by atoms with Gasteiger partial charge in [-0.15, -0.1) is 0 Å². The van der Waals surface area contributed by atoms with E-state index in [0.29, 0.717) is 6.54 Å².